The maximum Gasteiger partial charge on any atom is 0.434 e. The number of benzene rings is 1. The van der Waals surface area contributed by atoms with Gasteiger partial charge in [0.15, 0.2) is 5.69 Å². The fourth-order valence-electron chi connectivity index (χ4n) is 8.41. The van der Waals surface area contributed by atoms with E-state index >= 15 is 0 Å². The minimum Gasteiger partial charge on any atom is -0.490 e. The van der Waals surface area contributed by atoms with Crippen molar-refractivity contribution in [3.63, 3.8) is 0 Å². The van der Waals surface area contributed by atoms with Crippen molar-refractivity contribution in [1.82, 2.24) is 25.3 Å². The number of nitrogens with one attached hydrogen (secondary N) is 1. The monoisotopic (exact) mass is 679 g/mol. The molecule has 3 aliphatic heterocycles. The van der Waals surface area contributed by atoms with Crippen molar-refractivity contribution in [2.24, 2.45) is 17.8 Å². The lowest BCUT2D eigenvalue weighted by molar-refractivity contribution is -0.141. The lowest BCUT2D eigenvalue weighted by Gasteiger charge is -2.34. The highest BCUT2D eigenvalue weighted by atomic mass is 19.4. The predicted molar refractivity (Wildman–Crippen MR) is 178 cm³/mol. The van der Waals surface area contributed by atoms with Crippen molar-refractivity contribution in [3.8, 4) is 5.75 Å². The second-order valence-electron chi connectivity index (χ2n) is 14.4. The molecule has 5 heterocycles. The van der Waals surface area contributed by atoms with Gasteiger partial charge < -0.3 is 24.6 Å². The number of carbonyl (C=O) groups is 1. The molecule has 10 nitrogen and oxygen atoms in total. The lowest BCUT2D eigenvalue weighted by atomic mass is 9.76. The SMILES string of the molecule is C[C@@H]1CC(CNC(=O)c2cnc(N3CC4(CCOCC4)c4cc(OC5CCN(c6ncccn6)CC5)ccc43)nc2C(F)(F)F)C[C@H](C)C1. The molecule has 1 spiro atoms. The molecule has 49 heavy (non-hydrogen) atoms. The first-order valence-electron chi connectivity index (χ1n) is 17.5. The van der Waals surface area contributed by atoms with Crippen LogP contribution >= 0.6 is 0 Å². The maximum atomic E-state index is 14.5. The largest absolute Gasteiger partial charge is 0.490 e. The molecule has 13 heteroatoms. The minimum absolute atomic E-state index is 0.0161. The number of anilines is 3. The molecule has 4 aliphatic rings. The fourth-order valence-corrected chi connectivity index (χ4v) is 8.41. The number of nitrogens with zero attached hydrogens (tertiary/aromatic N) is 6. The molecule has 1 aromatic carbocycles. The lowest BCUT2D eigenvalue weighted by Crippen LogP contribution is -2.39. The number of hydrogen-bond acceptors (Lipinski definition) is 9. The first-order chi connectivity index (χ1) is 23.6. The number of piperidine rings is 1. The number of ether oxygens (including phenoxy) is 2. The fraction of sp³-hybridized carbons (Fsp3) is 0.583. The van der Waals surface area contributed by atoms with E-state index in [1.165, 1.54) is 0 Å². The Kier molecular flexibility index (Phi) is 9.38. The van der Waals surface area contributed by atoms with Crippen LogP contribution in [0.3, 0.4) is 0 Å². The highest BCUT2D eigenvalue weighted by molar-refractivity contribution is 5.95. The number of hydrogen-bond donors (Lipinski definition) is 1. The summed E-state index contributed by atoms with van der Waals surface area (Å²) < 4.78 is 55.6. The number of aromatic nitrogens is 4. The first-order valence-corrected chi connectivity index (χ1v) is 17.5. The Morgan fingerprint density at radius 2 is 1.73 bits per heavy atom. The Balaban J connectivity index is 1.11. The topological polar surface area (TPSA) is 106 Å². The van der Waals surface area contributed by atoms with E-state index in [1.54, 1.807) is 23.4 Å². The summed E-state index contributed by atoms with van der Waals surface area (Å²) in [6.07, 6.45) is 5.76. The van der Waals surface area contributed by atoms with E-state index in [2.05, 4.69) is 44.0 Å². The zero-order valence-electron chi connectivity index (χ0n) is 28.1. The third-order valence-corrected chi connectivity index (χ3v) is 10.7. The van der Waals surface area contributed by atoms with E-state index in [0.29, 0.717) is 56.9 Å². The Morgan fingerprint density at radius 3 is 2.43 bits per heavy atom. The predicted octanol–water partition coefficient (Wildman–Crippen LogP) is 6.34. The van der Waals surface area contributed by atoms with Crippen LogP contribution in [0.1, 0.15) is 80.4 Å². The van der Waals surface area contributed by atoms with Crippen molar-refractivity contribution in [2.45, 2.75) is 76.5 Å². The molecule has 7 rings (SSSR count). The maximum absolute atomic E-state index is 14.5. The zero-order valence-corrected chi connectivity index (χ0v) is 28.1. The summed E-state index contributed by atoms with van der Waals surface area (Å²) in [5.74, 6) is 1.86. The minimum atomic E-state index is -4.84. The Labute approximate surface area is 284 Å². The van der Waals surface area contributed by atoms with Gasteiger partial charge >= 0.3 is 6.18 Å². The van der Waals surface area contributed by atoms with Crippen LogP contribution in [0.25, 0.3) is 0 Å². The van der Waals surface area contributed by atoms with Gasteiger partial charge in [-0.1, -0.05) is 13.8 Å². The highest BCUT2D eigenvalue weighted by Crippen LogP contribution is 2.50. The Hall–Kier alpha value is -4.00. The summed E-state index contributed by atoms with van der Waals surface area (Å²) >= 11 is 0. The normalized spacial score (nSPS) is 24.1. The molecular weight excluding hydrogens is 635 g/mol. The third kappa shape index (κ3) is 7.18. The van der Waals surface area contributed by atoms with E-state index in [0.717, 1.165) is 68.4 Å². The van der Waals surface area contributed by atoms with E-state index in [1.807, 2.05) is 18.2 Å². The number of amides is 1. The molecule has 1 amide bonds. The summed E-state index contributed by atoms with van der Waals surface area (Å²) in [7, 11) is 0. The summed E-state index contributed by atoms with van der Waals surface area (Å²) in [5.41, 5.74) is -0.383. The van der Waals surface area contributed by atoms with Crippen LogP contribution in [0, 0.1) is 17.8 Å². The Bertz CT molecular complexity index is 1620. The van der Waals surface area contributed by atoms with Crippen LogP contribution in [0.2, 0.25) is 0 Å². The molecule has 3 atom stereocenters. The quantitative estimate of drug-likeness (QED) is 0.307. The molecule has 3 fully saturated rings. The molecule has 2 aromatic heterocycles. The van der Waals surface area contributed by atoms with Crippen molar-refractivity contribution in [3.05, 3.63) is 59.7 Å². The van der Waals surface area contributed by atoms with Gasteiger partial charge in [-0.15, -0.1) is 0 Å². The van der Waals surface area contributed by atoms with E-state index < -0.39 is 23.3 Å². The van der Waals surface area contributed by atoms with Crippen LogP contribution in [0.4, 0.5) is 30.8 Å². The first kappa shape index (κ1) is 33.5. The molecule has 0 radical (unpaired) electrons. The van der Waals surface area contributed by atoms with Crippen LogP contribution in [-0.4, -0.2) is 71.3 Å². The van der Waals surface area contributed by atoms with Gasteiger partial charge in [0.2, 0.25) is 11.9 Å². The number of halogens is 3. The standard InChI is InChI=1S/C36H44F3N7O3/c1-23-16-24(2)18-25(17-23)20-42-32(47)28-21-43-34(44-31(28)36(37,38)39)46-22-35(8-14-48-15-9-35)29-19-27(4-5-30(29)46)49-26-6-12-45(13-7-26)33-40-10-3-11-41-33/h3-5,10-11,19,21,23-26H,6-9,12-18,20,22H2,1-2H3,(H,42,47)/t23-,24+,25?. The van der Waals surface area contributed by atoms with Gasteiger partial charge in [-0.25, -0.2) is 19.9 Å². The van der Waals surface area contributed by atoms with Gasteiger partial charge in [-0.3, -0.25) is 4.79 Å². The van der Waals surface area contributed by atoms with Gasteiger partial charge in [0.1, 0.15) is 11.9 Å². The van der Waals surface area contributed by atoms with Gasteiger partial charge in [0.25, 0.3) is 5.91 Å². The molecule has 3 aromatic rings. The van der Waals surface area contributed by atoms with Crippen LogP contribution in [0.15, 0.2) is 42.9 Å². The molecule has 0 bridgehead atoms. The van der Waals surface area contributed by atoms with Crippen molar-refractivity contribution < 1.29 is 27.4 Å². The highest BCUT2D eigenvalue weighted by Gasteiger charge is 2.46. The van der Waals surface area contributed by atoms with Gasteiger partial charge in [0.05, 0.1) is 5.56 Å². The molecule has 1 saturated carbocycles. The third-order valence-electron chi connectivity index (χ3n) is 10.7. The molecule has 1 aliphatic carbocycles. The van der Waals surface area contributed by atoms with Crippen LogP contribution in [0.5, 0.6) is 5.75 Å². The second-order valence-corrected chi connectivity index (χ2v) is 14.4. The molecular formula is C36H44F3N7O3. The zero-order chi connectivity index (χ0) is 34.2. The molecule has 1 N–H and O–H groups in total. The summed E-state index contributed by atoms with van der Waals surface area (Å²) in [6.45, 7) is 7.75. The number of carbonyl (C=O) groups excluding carboxylic acids is 1. The molecule has 2 saturated heterocycles. The van der Waals surface area contributed by atoms with E-state index in [9.17, 15) is 18.0 Å². The van der Waals surface area contributed by atoms with E-state index in [4.69, 9.17) is 9.47 Å². The molecule has 262 valence electrons. The summed E-state index contributed by atoms with van der Waals surface area (Å²) in [4.78, 5) is 34.2. The number of alkyl halides is 3. The van der Waals surface area contributed by atoms with Gasteiger partial charge in [-0.05, 0) is 79.7 Å². The summed E-state index contributed by atoms with van der Waals surface area (Å²) in [5, 5.41) is 2.75. The van der Waals surface area contributed by atoms with Gasteiger partial charge in [0, 0.05) is 81.9 Å². The van der Waals surface area contributed by atoms with Gasteiger partial charge in [-0.2, -0.15) is 13.2 Å². The molecule has 1 unspecified atom stereocenters. The average molecular weight is 680 g/mol. The average Bonchev–Trinajstić information content (AvgIpc) is 3.39. The van der Waals surface area contributed by atoms with Crippen LogP contribution in [-0.2, 0) is 16.3 Å². The second kappa shape index (κ2) is 13.7. The van der Waals surface area contributed by atoms with Crippen molar-refractivity contribution in [2.75, 3.05) is 49.2 Å². The van der Waals surface area contributed by atoms with E-state index in [-0.39, 0.29) is 23.4 Å². The van der Waals surface area contributed by atoms with Crippen molar-refractivity contribution in [1.29, 1.82) is 0 Å². The smallest absolute Gasteiger partial charge is 0.434 e. The van der Waals surface area contributed by atoms with Crippen molar-refractivity contribution >= 4 is 23.5 Å². The Morgan fingerprint density at radius 1 is 1.02 bits per heavy atom. The summed E-state index contributed by atoms with van der Waals surface area (Å²) in [6, 6.07) is 7.60. The van der Waals surface area contributed by atoms with Crippen LogP contribution < -0.4 is 19.9 Å². The number of fused-ring (bicyclic) bond motifs is 2. The number of rotatable bonds is 7.